The van der Waals surface area contributed by atoms with Crippen LogP contribution in [-0.2, 0) is 0 Å². The average molecular weight is 257 g/mol. The van der Waals surface area contributed by atoms with Gasteiger partial charge in [0.05, 0.1) is 0 Å². The van der Waals surface area contributed by atoms with E-state index in [9.17, 15) is 0 Å². The van der Waals surface area contributed by atoms with E-state index in [0.29, 0.717) is 5.41 Å². The van der Waals surface area contributed by atoms with Crippen molar-refractivity contribution in [2.24, 2.45) is 5.41 Å². The second kappa shape index (κ2) is 5.28. The number of aryl methyl sites for hydroxylation is 1. The summed E-state index contributed by atoms with van der Waals surface area (Å²) in [6.07, 6.45) is 8.38. The molecule has 2 aliphatic rings. The van der Waals surface area contributed by atoms with Crippen molar-refractivity contribution >= 4 is 0 Å². The van der Waals surface area contributed by atoms with Gasteiger partial charge in [-0.25, -0.2) is 0 Å². The minimum absolute atomic E-state index is 0.661. The summed E-state index contributed by atoms with van der Waals surface area (Å²) in [4.78, 5) is 0. The highest BCUT2D eigenvalue weighted by Gasteiger charge is 2.37. The van der Waals surface area contributed by atoms with Gasteiger partial charge in [0, 0.05) is 12.6 Å². The molecule has 0 bridgehead atoms. The van der Waals surface area contributed by atoms with Gasteiger partial charge in [0.15, 0.2) is 0 Å². The molecule has 2 saturated carbocycles. The molecule has 0 radical (unpaired) electrons. The molecule has 0 spiro atoms. The normalized spacial score (nSPS) is 28.5. The highest BCUT2D eigenvalue weighted by atomic mass is 14.9. The van der Waals surface area contributed by atoms with Gasteiger partial charge >= 0.3 is 0 Å². The molecule has 0 aliphatic heterocycles. The third-order valence-electron chi connectivity index (χ3n) is 5.58. The van der Waals surface area contributed by atoms with Crippen LogP contribution in [0.25, 0.3) is 0 Å². The fourth-order valence-electron chi connectivity index (χ4n) is 3.67. The van der Waals surface area contributed by atoms with Crippen molar-refractivity contribution in [1.82, 2.24) is 5.32 Å². The lowest BCUT2D eigenvalue weighted by Crippen LogP contribution is -2.47. The number of nitrogens with one attached hydrogen (secondary N) is 1. The number of hydrogen-bond acceptors (Lipinski definition) is 1. The summed E-state index contributed by atoms with van der Waals surface area (Å²) in [7, 11) is 0. The van der Waals surface area contributed by atoms with Crippen LogP contribution in [0.15, 0.2) is 24.3 Å². The monoisotopic (exact) mass is 257 g/mol. The molecule has 19 heavy (non-hydrogen) atoms. The first kappa shape index (κ1) is 13.2. The Morgan fingerprint density at radius 1 is 1.26 bits per heavy atom. The van der Waals surface area contributed by atoms with Crippen molar-refractivity contribution < 1.29 is 0 Å². The van der Waals surface area contributed by atoms with E-state index in [1.807, 2.05) is 0 Å². The second-order valence-electron chi connectivity index (χ2n) is 6.87. The predicted octanol–water partition coefficient (Wildman–Crippen LogP) is 4.41. The fourth-order valence-corrected chi connectivity index (χ4v) is 3.67. The van der Waals surface area contributed by atoms with Crippen LogP contribution in [0.2, 0.25) is 0 Å². The summed E-state index contributed by atoms with van der Waals surface area (Å²) in [5, 5.41) is 3.83. The zero-order valence-corrected chi connectivity index (χ0v) is 12.4. The van der Waals surface area contributed by atoms with Gasteiger partial charge in [-0.05, 0) is 55.9 Å². The van der Waals surface area contributed by atoms with E-state index in [-0.39, 0.29) is 0 Å². The van der Waals surface area contributed by atoms with Crippen LogP contribution in [0.1, 0.15) is 62.5 Å². The predicted molar refractivity (Wildman–Crippen MR) is 81.5 cm³/mol. The molecule has 3 rings (SSSR count). The lowest BCUT2D eigenvalue weighted by Gasteiger charge is -2.45. The fraction of sp³-hybridized carbons (Fsp3) is 0.667. The molecule has 1 aromatic carbocycles. The zero-order valence-electron chi connectivity index (χ0n) is 12.4. The minimum atomic E-state index is 0.661. The Morgan fingerprint density at radius 2 is 2.05 bits per heavy atom. The Hall–Kier alpha value is -0.820. The van der Waals surface area contributed by atoms with Crippen molar-refractivity contribution in [2.75, 3.05) is 6.54 Å². The summed E-state index contributed by atoms with van der Waals surface area (Å²) in [5.74, 6) is 0.802. The molecule has 1 aromatic rings. The van der Waals surface area contributed by atoms with Crippen molar-refractivity contribution in [1.29, 1.82) is 0 Å². The van der Waals surface area contributed by atoms with Crippen LogP contribution in [0.3, 0.4) is 0 Å². The van der Waals surface area contributed by atoms with Gasteiger partial charge in [-0.15, -0.1) is 0 Å². The van der Waals surface area contributed by atoms with Gasteiger partial charge in [-0.3, -0.25) is 0 Å². The van der Waals surface area contributed by atoms with Gasteiger partial charge in [0.2, 0.25) is 0 Å². The van der Waals surface area contributed by atoms with E-state index >= 15 is 0 Å². The van der Waals surface area contributed by atoms with Crippen LogP contribution in [-0.4, -0.2) is 12.6 Å². The Balaban J connectivity index is 1.45. The molecular weight excluding hydrogens is 230 g/mol. The Kier molecular flexibility index (Phi) is 3.66. The number of hydrogen-bond donors (Lipinski definition) is 1. The third-order valence-corrected chi connectivity index (χ3v) is 5.58. The maximum atomic E-state index is 3.83. The molecule has 0 amide bonds. The Labute approximate surface area is 117 Å². The van der Waals surface area contributed by atoms with Crippen molar-refractivity contribution in [3.63, 3.8) is 0 Å². The molecule has 0 atom stereocenters. The van der Waals surface area contributed by atoms with Gasteiger partial charge in [0.1, 0.15) is 0 Å². The zero-order chi connectivity index (χ0) is 13.3. The van der Waals surface area contributed by atoms with Crippen molar-refractivity contribution in [3.05, 3.63) is 35.4 Å². The lowest BCUT2D eigenvalue weighted by molar-refractivity contribution is 0.109. The summed E-state index contributed by atoms with van der Waals surface area (Å²) < 4.78 is 0. The van der Waals surface area contributed by atoms with Gasteiger partial charge < -0.3 is 5.32 Å². The lowest BCUT2D eigenvalue weighted by atomic mass is 9.66. The van der Waals surface area contributed by atoms with E-state index in [2.05, 4.69) is 43.4 Å². The molecule has 104 valence electrons. The Morgan fingerprint density at radius 3 is 2.63 bits per heavy atom. The molecule has 0 aromatic heterocycles. The standard InChI is InChI=1S/C18H27N/c1-3-18(8-5-9-18)13-19-17-11-16(12-17)15-7-4-6-14(2)10-15/h4,6-7,10,16-17,19H,3,5,8-9,11-13H2,1-2H3. The number of rotatable bonds is 5. The van der Waals surface area contributed by atoms with E-state index in [1.165, 1.54) is 50.6 Å². The summed E-state index contributed by atoms with van der Waals surface area (Å²) in [6.45, 7) is 5.81. The maximum absolute atomic E-state index is 3.83. The average Bonchev–Trinajstić information content (AvgIpc) is 2.30. The maximum Gasteiger partial charge on any atom is 0.00789 e. The van der Waals surface area contributed by atoms with Crippen LogP contribution in [0, 0.1) is 12.3 Å². The summed E-state index contributed by atoms with van der Waals surface area (Å²) in [5.41, 5.74) is 3.61. The topological polar surface area (TPSA) is 12.0 Å². The highest BCUT2D eigenvalue weighted by molar-refractivity contribution is 5.27. The molecule has 1 nitrogen and oxygen atoms in total. The Bertz CT molecular complexity index is 422. The van der Waals surface area contributed by atoms with E-state index < -0.39 is 0 Å². The van der Waals surface area contributed by atoms with E-state index in [1.54, 1.807) is 5.56 Å². The summed E-state index contributed by atoms with van der Waals surface area (Å²) >= 11 is 0. The van der Waals surface area contributed by atoms with Crippen molar-refractivity contribution in [3.8, 4) is 0 Å². The molecule has 0 saturated heterocycles. The van der Waals surface area contributed by atoms with Crippen LogP contribution >= 0.6 is 0 Å². The van der Waals surface area contributed by atoms with Gasteiger partial charge in [-0.2, -0.15) is 0 Å². The molecule has 0 heterocycles. The number of benzene rings is 1. The first-order valence-corrected chi connectivity index (χ1v) is 8.01. The first-order chi connectivity index (χ1) is 9.21. The highest BCUT2D eigenvalue weighted by Crippen LogP contribution is 2.44. The molecule has 2 fully saturated rings. The van der Waals surface area contributed by atoms with Gasteiger partial charge in [-0.1, -0.05) is 43.2 Å². The van der Waals surface area contributed by atoms with E-state index in [0.717, 1.165) is 12.0 Å². The molecule has 0 unspecified atom stereocenters. The van der Waals surface area contributed by atoms with Crippen LogP contribution < -0.4 is 5.32 Å². The SMILES string of the molecule is CCC1(CNC2CC(c3cccc(C)c3)C2)CCC1. The molecule has 2 aliphatic carbocycles. The van der Waals surface area contributed by atoms with Crippen LogP contribution in [0.5, 0.6) is 0 Å². The second-order valence-corrected chi connectivity index (χ2v) is 6.87. The van der Waals surface area contributed by atoms with E-state index in [4.69, 9.17) is 0 Å². The third kappa shape index (κ3) is 2.72. The largest absolute Gasteiger partial charge is 0.313 e. The molecule has 1 N–H and O–H groups in total. The molecular formula is C18H27N. The minimum Gasteiger partial charge on any atom is -0.313 e. The quantitative estimate of drug-likeness (QED) is 0.824. The van der Waals surface area contributed by atoms with Crippen LogP contribution in [0.4, 0.5) is 0 Å². The molecule has 1 heteroatoms. The first-order valence-electron chi connectivity index (χ1n) is 8.01. The van der Waals surface area contributed by atoms with Crippen molar-refractivity contribution in [2.45, 2.75) is 64.3 Å². The van der Waals surface area contributed by atoms with Gasteiger partial charge in [0.25, 0.3) is 0 Å². The smallest absolute Gasteiger partial charge is 0.00789 e. The summed E-state index contributed by atoms with van der Waals surface area (Å²) in [6, 6.07) is 9.83.